The topological polar surface area (TPSA) is 18.5 Å². The fourth-order valence-electron chi connectivity index (χ4n) is 2.59. The Bertz CT molecular complexity index is 599. The Hall–Kier alpha value is -1.43. The van der Waals surface area contributed by atoms with E-state index in [1.54, 1.807) is 11.3 Å². The van der Waals surface area contributed by atoms with Gasteiger partial charge in [0.05, 0.1) is 0 Å². The Kier molecular flexibility index (Phi) is 5.08. The molecule has 0 saturated carbocycles. The zero-order valence-corrected chi connectivity index (χ0v) is 14.4. The van der Waals surface area contributed by atoms with Crippen LogP contribution in [0.15, 0.2) is 41.1 Å². The predicted molar refractivity (Wildman–Crippen MR) is 98.6 cm³/mol. The summed E-state index contributed by atoms with van der Waals surface area (Å²) in [5.41, 5.74) is 3.74. The first kappa shape index (κ1) is 15.5. The second-order valence-electron chi connectivity index (χ2n) is 5.69. The molecule has 0 unspecified atom stereocenters. The quantitative estimate of drug-likeness (QED) is 0.866. The van der Waals surface area contributed by atoms with Crippen molar-refractivity contribution in [3.8, 4) is 0 Å². The molecule has 5 heteroatoms. The van der Waals surface area contributed by atoms with Crippen molar-refractivity contribution in [2.24, 2.45) is 0 Å². The van der Waals surface area contributed by atoms with Gasteiger partial charge in [-0.3, -0.25) is 4.90 Å². The van der Waals surface area contributed by atoms with E-state index in [0.29, 0.717) is 0 Å². The molecule has 22 heavy (non-hydrogen) atoms. The maximum absolute atomic E-state index is 5.54. The first-order valence-corrected chi connectivity index (χ1v) is 8.92. The molecule has 1 aliphatic rings. The zero-order chi connectivity index (χ0) is 15.4. The molecule has 1 fully saturated rings. The van der Waals surface area contributed by atoms with Gasteiger partial charge in [-0.1, -0.05) is 17.7 Å². The monoisotopic (exact) mass is 331 g/mol. The molecule has 116 valence electrons. The van der Waals surface area contributed by atoms with E-state index in [1.807, 2.05) is 0 Å². The van der Waals surface area contributed by atoms with E-state index in [0.717, 1.165) is 43.5 Å². The Labute approximate surface area is 141 Å². The van der Waals surface area contributed by atoms with Gasteiger partial charge in [0.25, 0.3) is 0 Å². The normalized spacial score (nSPS) is 15.8. The molecule has 1 aliphatic heterocycles. The summed E-state index contributed by atoms with van der Waals surface area (Å²) >= 11 is 7.31. The molecule has 0 spiro atoms. The Morgan fingerprint density at radius 3 is 2.50 bits per heavy atom. The standard InChI is InChI=1S/C17H21N3S2/c1-14-2-4-16(5-3-14)18-17(21)20-9-7-19(8-10-20)12-15-6-11-22-13-15/h2-6,11,13H,7-10,12H2,1H3,(H,18,21). The highest BCUT2D eigenvalue weighted by molar-refractivity contribution is 7.80. The van der Waals surface area contributed by atoms with Crippen molar-refractivity contribution in [1.29, 1.82) is 0 Å². The fourth-order valence-corrected chi connectivity index (χ4v) is 3.55. The van der Waals surface area contributed by atoms with Crippen LogP contribution in [0.5, 0.6) is 0 Å². The van der Waals surface area contributed by atoms with Crippen LogP contribution in [0.2, 0.25) is 0 Å². The molecule has 1 aromatic heterocycles. The van der Waals surface area contributed by atoms with Crippen molar-refractivity contribution in [2.75, 3.05) is 31.5 Å². The molecule has 3 nitrogen and oxygen atoms in total. The summed E-state index contributed by atoms with van der Waals surface area (Å²) in [5, 5.41) is 8.55. The van der Waals surface area contributed by atoms with Gasteiger partial charge < -0.3 is 10.2 Å². The van der Waals surface area contributed by atoms with Crippen LogP contribution < -0.4 is 5.32 Å². The minimum Gasteiger partial charge on any atom is -0.346 e. The summed E-state index contributed by atoms with van der Waals surface area (Å²) in [5.74, 6) is 0. The highest BCUT2D eigenvalue weighted by Gasteiger charge is 2.19. The molecule has 0 radical (unpaired) electrons. The lowest BCUT2D eigenvalue weighted by Crippen LogP contribution is -2.49. The number of rotatable bonds is 3. The highest BCUT2D eigenvalue weighted by Crippen LogP contribution is 2.13. The molecule has 1 aromatic carbocycles. The SMILES string of the molecule is Cc1ccc(NC(=S)N2CCN(Cc3ccsc3)CC2)cc1. The summed E-state index contributed by atoms with van der Waals surface area (Å²) < 4.78 is 0. The molecule has 0 bridgehead atoms. The first-order valence-electron chi connectivity index (χ1n) is 7.57. The van der Waals surface area contributed by atoms with Crippen molar-refractivity contribution in [3.05, 3.63) is 52.2 Å². The van der Waals surface area contributed by atoms with Crippen LogP contribution in [-0.2, 0) is 6.54 Å². The maximum atomic E-state index is 5.54. The smallest absolute Gasteiger partial charge is 0.173 e. The van der Waals surface area contributed by atoms with Gasteiger partial charge >= 0.3 is 0 Å². The first-order chi connectivity index (χ1) is 10.7. The average Bonchev–Trinajstić information content (AvgIpc) is 3.03. The third kappa shape index (κ3) is 4.06. The zero-order valence-electron chi connectivity index (χ0n) is 12.8. The van der Waals surface area contributed by atoms with Crippen LogP contribution >= 0.6 is 23.6 Å². The largest absolute Gasteiger partial charge is 0.346 e. The molecule has 2 aromatic rings. The van der Waals surface area contributed by atoms with E-state index < -0.39 is 0 Å². The van der Waals surface area contributed by atoms with Crippen LogP contribution in [-0.4, -0.2) is 41.1 Å². The molecule has 3 rings (SSSR count). The van der Waals surface area contributed by atoms with Crippen molar-refractivity contribution >= 4 is 34.4 Å². The lowest BCUT2D eigenvalue weighted by atomic mass is 10.2. The van der Waals surface area contributed by atoms with Crippen LogP contribution in [0.1, 0.15) is 11.1 Å². The predicted octanol–water partition coefficient (Wildman–Crippen LogP) is 3.57. The van der Waals surface area contributed by atoms with E-state index in [2.05, 4.69) is 63.1 Å². The number of nitrogens with zero attached hydrogens (tertiary/aromatic N) is 2. The molecular formula is C17H21N3S2. The Morgan fingerprint density at radius 1 is 1.14 bits per heavy atom. The Balaban J connectivity index is 1.48. The number of aryl methyl sites for hydroxylation is 1. The minimum atomic E-state index is 0.832. The molecular weight excluding hydrogens is 310 g/mol. The van der Waals surface area contributed by atoms with E-state index in [-0.39, 0.29) is 0 Å². The van der Waals surface area contributed by atoms with Gasteiger partial charge in [-0.2, -0.15) is 11.3 Å². The number of thiocarbonyl (C=S) groups is 1. The maximum Gasteiger partial charge on any atom is 0.173 e. The number of nitrogens with one attached hydrogen (secondary N) is 1. The summed E-state index contributed by atoms with van der Waals surface area (Å²) in [4.78, 5) is 4.76. The third-order valence-electron chi connectivity index (χ3n) is 3.95. The van der Waals surface area contributed by atoms with E-state index in [4.69, 9.17) is 12.2 Å². The van der Waals surface area contributed by atoms with E-state index in [1.165, 1.54) is 11.1 Å². The van der Waals surface area contributed by atoms with Crippen molar-refractivity contribution in [2.45, 2.75) is 13.5 Å². The van der Waals surface area contributed by atoms with Gasteiger partial charge in [-0.15, -0.1) is 0 Å². The molecule has 2 heterocycles. The van der Waals surface area contributed by atoms with Crippen molar-refractivity contribution in [3.63, 3.8) is 0 Å². The minimum absolute atomic E-state index is 0.832. The van der Waals surface area contributed by atoms with Gasteiger partial charge in [0, 0.05) is 38.4 Å². The fraction of sp³-hybridized carbons (Fsp3) is 0.353. The third-order valence-corrected chi connectivity index (χ3v) is 5.04. The molecule has 1 N–H and O–H groups in total. The number of hydrogen-bond donors (Lipinski definition) is 1. The van der Waals surface area contributed by atoms with Gasteiger partial charge in [0.1, 0.15) is 0 Å². The van der Waals surface area contributed by atoms with E-state index in [9.17, 15) is 0 Å². The van der Waals surface area contributed by atoms with Gasteiger partial charge in [-0.25, -0.2) is 0 Å². The highest BCUT2D eigenvalue weighted by atomic mass is 32.1. The van der Waals surface area contributed by atoms with Gasteiger partial charge in [0.15, 0.2) is 5.11 Å². The molecule has 0 atom stereocenters. The van der Waals surface area contributed by atoms with Gasteiger partial charge in [0.2, 0.25) is 0 Å². The van der Waals surface area contributed by atoms with Crippen LogP contribution in [0.4, 0.5) is 5.69 Å². The van der Waals surface area contributed by atoms with Crippen LogP contribution in [0, 0.1) is 6.92 Å². The second-order valence-corrected chi connectivity index (χ2v) is 6.86. The number of piperazine rings is 1. The van der Waals surface area contributed by atoms with Gasteiger partial charge in [-0.05, 0) is 53.7 Å². The average molecular weight is 332 g/mol. The Morgan fingerprint density at radius 2 is 1.86 bits per heavy atom. The van der Waals surface area contributed by atoms with Crippen molar-refractivity contribution < 1.29 is 0 Å². The second kappa shape index (κ2) is 7.22. The molecule has 1 saturated heterocycles. The van der Waals surface area contributed by atoms with Crippen LogP contribution in [0.25, 0.3) is 0 Å². The number of anilines is 1. The number of benzene rings is 1. The molecule has 0 amide bonds. The summed E-state index contributed by atoms with van der Waals surface area (Å²) in [7, 11) is 0. The lowest BCUT2D eigenvalue weighted by Gasteiger charge is -2.36. The molecule has 0 aliphatic carbocycles. The lowest BCUT2D eigenvalue weighted by molar-refractivity contribution is 0.177. The van der Waals surface area contributed by atoms with Crippen LogP contribution in [0.3, 0.4) is 0 Å². The number of thiophene rings is 1. The summed E-state index contributed by atoms with van der Waals surface area (Å²) in [6.07, 6.45) is 0. The summed E-state index contributed by atoms with van der Waals surface area (Å²) in [6, 6.07) is 10.6. The van der Waals surface area contributed by atoms with Crippen molar-refractivity contribution in [1.82, 2.24) is 9.80 Å². The summed E-state index contributed by atoms with van der Waals surface area (Å²) in [6.45, 7) is 7.24. The number of hydrogen-bond acceptors (Lipinski definition) is 3. The van der Waals surface area contributed by atoms with E-state index >= 15 is 0 Å².